The molecule has 186 valence electrons. The average molecular weight is 477 g/mol. The van der Waals surface area contributed by atoms with Crippen LogP contribution in [0.3, 0.4) is 0 Å². The summed E-state index contributed by atoms with van der Waals surface area (Å²) in [5.74, 6) is -1.29. The van der Waals surface area contributed by atoms with E-state index in [0.717, 1.165) is 12.0 Å². The Labute approximate surface area is 198 Å². The fraction of sp³-hybridized carbons (Fsp3) is 0.522. The van der Waals surface area contributed by atoms with Crippen molar-refractivity contribution < 1.29 is 33.4 Å². The molecular weight excluding hydrogens is 444 g/mol. The third-order valence-electron chi connectivity index (χ3n) is 4.82. The van der Waals surface area contributed by atoms with Gasteiger partial charge in [0.2, 0.25) is 23.6 Å². The summed E-state index contributed by atoms with van der Waals surface area (Å²) in [7, 11) is 0. The number of benzene rings is 1. The van der Waals surface area contributed by atoms with Crippen molar-refractivity contribution >= 4 is 35.4 Å². The molecule has 1 heterocycles. The lowest BCUT2D eigenvalue weighted by molar-refractivity contribution is -0.152. The molecule has 0 radical (unpaired) electrons. The molecule has 0 aromatic heterocycles. The fourth-order valence-corrected chi connectivity index (χ4v) is 2.94. The van der Waals surface area contributed by atoms with E-state index in [2.05, 4.69) is 16.0 Å². The molecule has 5 amide bonds. The Hall–Kier alpha value is -3.47. The summed E-state index contributed by atoms with van der Waals surface area (Å²) in [6.45, 7) is 4.15. The van der Waals surface area contributed by atoms with Crippen LogP contribution >= 0.6 is 0 Å². The van der Waals surface area contributed by atoms with Crippen LogP contribution in [0.4, 0.5) is 10.5 Å². The second kappa shape index (κ2) is 14.6. The van der Waals surface area contributed by atoms with Crippen LogP contribution in [0.15, 0.2) is 24.3 Å². The molecule has 0 saturated carbocycles. The van der Waals surface area contributed by atoms with Crippen molar-refractivity contribution in [1.82, 2.24) is 15.5 Å². The molecule has 2 rings (SSSR count). The highest BCUT2D eigenvalue weighted by Crippen LogP contribution is 2.14. The molecule has 0 atom stereocenters. The van der Waals surface area contributed by atoms with Gasteiger partial charge in [0.1, 0.15) is 6.42 Å². The Morgan fingerprint density at radius 2 is 1.74 bits per heavy atom. The lowest BCUT2D eigenvalue weighted by Gasteiger charge is -2.28. The molecule has 34 heavy (non-hydrogen) atoms. The zero-order valence-corrected chi connectivity index (χ0v) is 19.4. The number of β-lactam (4-membered cyclic amide) rings is 1. The van der Waals surface area contributed by atoms with Crippen LogP contribution in [0.1, 0.15) is 38.2 Å². The second-order valence-corrected chi connectivity index (χ2v) is 7.67. The van der Waals surface area contributed by atoms with Crippen molar-refractivity contribution in [2.75, 3.05) is 44.8 Å². The number of amides is 5. The van der Waals surface area contributed by atoms with Gasteiger partial charge in [-0.2, -0.15) is 0 Å². The summed E-state index contributed by atoms with van der Waals surface area (Å²) >= 11 is 0. The summed E-state index contributed by atoms with van der Waals surface area (Å²) in [6.07, 6.45) is 1.13. The predicted octanol–water partition coefficient (Wildman–Crippen LogP) is 0.976. The van der Waals surface area contributed by atoms with Gasteiger partial charge in [-0.05, 0) is 24.1 Å². The molecule has 1 aliphatic heterocycles. The maximum atomic E-state index is 12.0. The largest absolute Gasteiger partial charge is 0.449 e. The number of carbonyl (C=O) groups is 5. The van der Waals surface area contributed by atoms with Gasteiger partial charge in [-0.1, -0.05) is 19.1 Å². The van der Waals surface area contributed by atoms with Crippen molar-refractivity contribution in [3.8, 4) is 0 Å². The van der Waals surface area contributed by atoms with E-state index in [1.807, 2.05) is 6.92 Å². The quantitative estimate of drug-likeness (QED) is 0.206. The molecule has 0 bridgehead atoms. The Kier molecular flexibility index (Phi) is 11.5. The Morgan fingerprint density at radius 1 is 0.971 bits per heavy atom. The molecule has 1 aromatic carbocycles. The molecular formula is C23H32N4O7. The first-order valence-corrected chi connectivity index (χ1v) is 11.4. The molecule has 11 nitrogen and oxygen atoms in total. The number of imide groups is 1. The van der Waals surface area contributed by atoms with Crippen LogP contribution in [0.25, 0.3) is 0 Å². The number of rotatable bonds is 14. The van der Waals surface area contributed by atoms with Crippen LogP contribution < -0.4 is 16.0 Å². The molecule has 1 aliphatic rings. The Balaban J connectivity index is 1.52. The SMILES string of the molecule is CCCNC(=O)OCCCOCCNC(=O)CC(=O)Nc1ccc(CC(=O)N2CCC2=O)cc1. The van der Waals surface area contributed by atoms with Gasteiger partial charge in [-0.3, -0.25) is 24.1 Å². The average Bonchev–Trinajstić information content (AvgIpc) is 2.79. The number of ether oxygens (including phenoxy) is 2. The third-order valence-corrected chi connectivity index (χ3v) is 4.82. The van der Waals surface area contributed by atoms with Crippen LogP contribution in [-0.4, -0.2) is 74.1 Å². The van der Waals surface area contributed by atoms with Crippen LogP contribution in [0.2, 0.25) is 0 Å². The Morgan fingerprint density at radius 3 is 2.38 bits per heavy atom. The van der Waals surface area contributed by atoms with E-state index >= 15 is 0 Å². The van der Waals surface area contributed by atoms with E-state index in [-0.39, 0.29) is 44.4 Å². The smallest absolute Gasteiger partial charge is 0.407 e. The van der Waals surface area contributed by atoms with Crippen LogP contribution in [0, 0.1) is 0 Å². The molecule has 0 unspecified atom stereocenters. The molecule has 0 spiro atoms. The standard InChI is InChI=1S/C23H32N4O7/c1-2-9-25-23(32)34-13-3-12-33-14-10-24-19(28)16-20(29)26-18-6-4-17(5-7-18)15-22(31)27-11-8-21(27)30/h4-7H,2-3,8-16H2,1H3,(H,24,28)(H,25,32)(H,26,29). The third kappa shape index (κ3) is 9.99. The highest BCUT2D eigenvalue weighted by atomic mass is 16.5. The number of likely N-dealkylation sites (tertiary alicyclic amines) is 1. The van der Waals surface area contributed by atoms with E-state index in [1.165, 1.54) is 4.90 Å². The van der Waals surface area contributed by atoms with Crippen molar-refractivity contribution in [3.63, 3.8) is 0 Å². The number of hydrogen-bond acceptors (Lipinski definition) is 7. The molecule has 1 fully saturated rings. The van der Waals surface area contributed by atoms with E-state index in [1.54, 1.807) is 24.3 Å². The number of alkyl carbamates (subject to hydrolysis) is 1. The van der Waals surface area contributed by atoms with E-state index < -0.39 is 17.9 Å². The van der Waals surface area contributed by atoms with Crippen molar-refractivity contribution in [2.45, 2.75) is 39.0 Å². The fourth-order valence-electron chi connectivity index (χ4n) is 2.94. The molecule has 11 heteroatoms. The lowest BCUT2D eigenvalue weighted by Crippen LogP contribution is -2.48. The first-order chi connectivity index (χ1) is 16.4. The lowest BCUT2D eigenvalue weighted by atomic mass is 10.1. The second-order valence-electron chi connectivity index (χ2n) is 7.67. The van der Waals surface area contributed by atoms with Crippen LogP contribution in [0.5, 0.6) is 0 Å². The summed E-state index contributed by atoms with van der Waals surface area (Å²) < 4.78 is 10.3. The minimum absolute atomic E-state index is 0.117. The monoisotopic (exact) mass is 476 g/mol. The molecule has 1 saturated heterocycles. The predicted molar refractivity (Wildman–Crippen MR) is 123 cm³/mol. The highest BCUT2D eigenvalue weighted by molar-refractivity contribution is 6.03. The number of anilines is 1. The van der Waals surface area contributed by atoms with Gasteiger partial charge in [0.05, 0.1) is 19.6 Å². The van der Waals surface area contributed by atoms with Crippen molar-refractivity contribution in [3.05, 3.63) is 29.8 Å². The van der Waals surface area contributed by atoms with E-state index in [9.17, 15) is 24.0 Å². The van der Waals surface area contributed by atoms with Gasteiger partial charge in [-0.25, -0.2) is 4.79 Å². The zero-order chi connectivity index (χ0) is 24.8. The van der Waals surface area contributed by atoms with Gasteiger partial charge in [-0.15, -0.1) is 0 Å². The normalized spacial score (nSPS) is 12.5. The number of nitrogens with one attached hydrogen (secondary N) is 3. The summed E-state index contributed by atoms with van der Waals surface area (Å²) in [6, 6.07) is 6.67. The summed E-state index contributed by atoms with van der Waals surface area (Å²) in [5.41, 5.74) is 1.23. The van der Waals surface area contributed by atoms with Gasteiger partial charge in [0.25, 0.3) is 0 Å². The van der Waals surface area contributed by atoms with Crippen molar-refractivity contribution in [2.24, 2.45) is 0 Å². The molecule has 3 N–H and O–H groups in total. The van der Waals surface area contributed by atoms with E-state index in [0.29, 0.717) is 38.2 Å². The van der Waals surface area contributed by atoms with Gasteiger partial charge >= 0.3 is 6.09 Å². The topological polar surface area (TPSA) is 143 Å². The first kappa shape index (κ1) is 26.8. The van der Waals surface area contributed by atoms with Gasteiger partial charge in [0.15, 0.2) is 0 Å². The number of hydrogen-bond donors (Lipinski definition) is 3. The highest BCUT2D eigenvalue weighted by Gasteiger charge is 2.29. The molecule has 0 aliphatic carbocycles. The van der Waals surface area contributed by atoms with Gasteiger partial charge < -0.3 is 25.4 Å². The maximum absolute atomic E-state index is 12.0. The minimum atomic E-state index is -0.466. The zero-order valence-electron chi connectivity index (χ0n) is 19.4. The van der Waals surface area contributed by atoms with E-state index in [4.69, 9.17) is 9.47 Å². The van der Waals surface area contributed by atoms with Crippen LogP contribution in [-0.2, 0) is 35.1 Å². The maximum Gasteiger partial charge on any atom is 0.407 e. The summed E-state index contributed by atoms with van der Waals surface area (Å²) in [4.78, 5) is 59.7. The minimum Gasteiger partial charge on any atom is -0.449 e. The summed E-state index contributed by atoms with van der Waals surface area (Å²) in [5, 5.41) is 7.82. The molecule has 1 aromatic rings. The number of carbonyl (C=O) groups excluding carboxylic acids is 5. The first-order valence-electron chi connectivity index (χ1n) is 11.4. The number of nitrogens with zero attached hydrogens (tertiary/aromatic N) is 1. The van der Waals surface area contributed by atoms with Gasteiger partial charge in [0, 0.05) is 44.8 Å². The Bertz CT molecular complexity index is 857. The van der Waals surface area contributed by atoms with Crippen molar-refractivity contribution in [1.29, 1.82) is 0 Å².